The lowest BCUT2D eigenvalue weighted by atomic mass is 9.93. The Morgan fingerprint density at radius 3 is 2.76 bits per heavy atom. The van der Waals surface area contributed by atoms with Gasteiger partial charge in [0.25, 0.3) is 0 Å². The molecule has 1 fully saturated rings. The van der Waals surface area contributed by atoms with Crippen LogP contribution in [0, 0.1) is 0 Å². The van der Waals surface area contributed by atoms with Gasteiger partial charge in [-0.2, -0.15) is 0 Å². The molecule has 1 aliphatic rings. The molecular weight excluding hydrogens is 268 g/mol. The Hall–Kier alpha value is -1.75. The van der Waals surface area contributed by atoms with Crippen molar-refractivity contribution in [1.29, 1.82) is 0 Å². The number of para-hydroxylation sites is 1. The Balaban J connectivity index is 1.68. The van der Waals surface area contributed by atoms with Gasteiger partial charge in [-0.25, -0.2) is 4.79 Å². The summed E-state index contributed by atoms with van der Waals surface area (Å²) in [6, 6.07) is 9.13. The minimum Gasteiger partial charge on any atom is -0.489 e. The molecule has 0 spiro atoms. The van der Waals surface area contributed by atoms with Crippen molar-refractivity contribution in [3.63, 3.8) is 0 Å². The number of hydrogen-bond acceptors (Lipinski definition) is 3. The number of nitrogens with one attached hydrogen (secondary N) is 2. The summed E-state index contributed by atoms with van der Waals surface area (Å²) in [6.45, 7) is 2.33. The van der Waals surface area contributed by atoms with Gasteiger partial charge in [-0.1, -0.05) is 31.0 Å². The number of hydrogen-bond donors (Lipinski definition) is 3. The monoisotopic (exact) mass is 292 g/mol. The summed E-state index contributed by atoms with van der Waals surface area (Å²) < 4.78 is 5.68. The molecule has 1 saturated carbocycles. The van der Waals surface area contributed by atoms with E-state index in [0.717, 1.165) is 31.4 Å². The first kappa shape index (κ1) is 15.6. The average Bonchev–Trinajstić information content (AvgIpc) is 2.49. The maximum absolute atomic E-state index is 11.8. The molecule has 1 aromatic rings. The normalized spacial score (nSPS) is 23.1. The third-order valence-electron chi connectivity index (χ3n) is 3.68. The predicted molar refractivity (Wildman–Crippen MR) is 81.3 cm³/mol. The Morgan fingerprint density at radius 1 is 1.33 bits per heavy atom. The van der Waals surface area contributed by atoms with Gasteiger partial charge >= 0.3 is 6.03 Å². The summed E-state index contributed by atoms with van der Waals surface area (Å²) in [5.74, 6) is 0.787. The maximum atomic E-state index is 11.8. The van der Waals surface area contributed by atoms with Gasteiger partial charge in [0, 0.05) is 0 Å². The van der Waals surface area contributed by atoms with E-state index in [1.54, 1.807) is 0 Å². The van der Waals surface area contributed by atoms with E-state index in [4.69, 9.17) is 4.74 Å². The smallest absolute Gasteiger partial charge is 0.315 e. The second-order valence-corrected chi connectivity index (χ2v) is 5.55. The number of carbonyl (C=O) groups excluding carboxylic acids is 1. The lowest BCUT2D eigenvalue weighted by molar-refractivity contribution is 0.0940. The Labute approximate surface area is 125 Å². The molecule has 3 N–H and O–H groups in total. The van der Waals surface area contributed by atoms with E-state index in [2.05, 4.69) is 10.6 Å². The van der Waals surface area contributed by atoms with Crippen LogP contribution in [0.5, 0.6) is 5.75 Å². The molecule has 0 bridgehead atoms. The number of aliphatic hydroxyl groups is 1. The van der Waals surface area contributed by atoms with Gasteiger partial charge in [0.1, 0.15) is 11.9 Å². The largest absolute Gasteiger partial charge is 0.489 e. The molecule has 0 radical (unpaired) electrons. The minimum absolute atomic E-state index is 0.116. The number of aliphatic hydroxyl groups excluding tert-OH is 1. The molecule has 1 aliphatic carbocycles. The molecule has 0 heterocycles. The highest BCUT2D eigenvalue weighted by molar-refractivity contribution is 5.74. The first-order valence-electron chi connectivity index (χ1n) is 7.59. The van der Waals surface area contributed by atoms with Crippen LogP contribution in [0.1, 0.15) is 32.6 Å². The fourth-order valence-corrected chi connectivity index (χ4v) is 2.51. The molecule has 21 heavy (non-hydrogen) atoms. The zero-order valence-corrected chi connectivity index (χ0v) is 12.4. The van der Waals surface area contributed by atoms with Gasteiger partial charge < -0.3 is 20.5 Å². The van der Waals surface area contributed by atoms with E-state index < -0.39 is 6.10 Å². The highest BCUT2D eigenvalue weighted by Gasteiger charge is 2.24. The van der Waals surface area contributed by atoms with Crippen LogP contribution in [0.25, 0.3) is 0 Å². The number of amides is 2. The highest BCUT2D eigenvalue weighted by atomic mass is 16.5. The maximum Gasteiger partial charge on any atom is 0.315 e. The molecule has 2 rings (SSSR count). The van der Waals surface area contributed by atoms with Crippen LogP contribution < -0.4 is 15.4 Å². The third kappa shape index (κ3) is 5.27. The van der Waals surface area contributed by atoms with Crippen molar-refractivity contribution in [1.82, 2.24) is 10.6 Å². The molecule has 0 aliphatic heterocycles. The lowest BCUT2D eigenvalue weighted by Gasteiger charge is -2.28. The van der Waals surface area contributed by atoms with Crippen LogP contribution in [0.15, 0.2) is 30.3 Å². The van der Waals surface area contributed by atoms with Gasteiger partial charge in [0.2, 0.25) is 0 Å². The van der Waals surface area contributed by atoms with Crippen molar-refractivity contribution in [3.05, 3.63) is 30.3 Å². The van der Waals surface area contributed by atoms with Crippen molar-refractivity contribution in [2.45, 2.75) is 50.9 Å². The van der Waals surface area contributed by atoms with E-state index in [1.807, 2.05) is 37.3 Å². The van der Waals surface area contributed by atoms with Gasteiger partial charge in [-0.05, 0) is 31.9 Å². The minimum atomic E-state index is -0.428. The third-order valence-corrected chi connectivity index (χ3v) is 3.68. The topological polar surface area (TPSA) is 70.6 Å². The van der Waals surface area contributed by atoms with Gasteiger partial charge in [0.05, 0.1) is 18.7 Å². The van der Waals surface area contributed by atoms with E-state index in [0.29, 0.717) is 6.54 Å². The molecule has 1 aromatic carbocycles. The molecule has 2 amide bonds. The summed E-state index contributed by atoms with van der Waals surface area (Å²) in [5.41, 5.74) is 0. The van der Waals surface area contributed by atoms with Crippen molar-refractivity contribution in [3.8, 4) is 5.75 Å². The molecule has 0 saturated heterocycles. The molecule has 0 aromatic heterocycles. The van der Waals surface area contributed by atoms with Crippen LogP contribution in [0.2, 0.25) is 0 Å². The summed E-state index contributed by atoms with van der Waals surface area (Å²) in [6.07, 6.45) is 3.14. The lowest BCUT2D eigenvalue weighted by Crippen LogP contribution is -2.50. The molecule has 3 unspecified atom stereocenters. The molecule has 116 valence electrons. The number of urea groups is 1. The predicted octanol–water partition coefficient (Wildman–Crippen LogP) is 2.06. The summed E-state index contributed by atoms with van der Waals surface area (Å²) in [5, 5.41) is 15.4. The fraction of sp³-hybridized carbons (Fsp3) is 0.562. The second kappa shape index (κ2) is 7.88. The van der Waals surface area contributed by atoms with Crippen molar-refractivity contribution >= 4 is 6.03 Å². The Morgan fingerprint density at radius 2 is 2.05 bits per heavy atom. The fourth-order valence-electron chi connectivity index (χ4n) is 2.51. The zero-order chi connectivity index (χ0) is 15.1. The molecular formula is C16H24N2O3. The van der Waals surface area contributed by atoms with Crippen LogP contribution in [-0.2, 0) is 0 Å². The standard InChI is InChI=1S/C16H24N2O3/c1-12(21-13-7-3-2-4-8-13)11-17-16(20)18-14-9-5-6-10-15(14)19/h2-4,7-8,12,14-15,19H,5-6,9-11H2,1H3,(H2,17,18,20). The molecule has 5 nitrogen and oxygen atoms in total. The Bertz CT molecular complexity index is 438. The number of rotatable bonds is 5. The zero-order valence-electron chi connectivity index (χ0n) is 12.4. The van der Waals surface area contributed by atoms with E-state index in [9.17, 15) is 9.90 Å². The summed E-state index contributed by atoms with van der Waals surface area (Å²) in [4.78, 5) is 11.8. The van der Waals surface area contributed by atoms with Crippen molar-refractivity contribution < 1.29 is 14.6 Å². The van der Waals surface area contributed by atoms with Crippen LogP contribution in [0.4, 0.5) is 4.79 Å². The average molecular weight is 292 g/mol. The first-order chi connectivity index (χ1) is 10.1. The summed E-state index contributed by atoms with van der Waals surface area (Å²) >= 11 is 0. The Kier molecular flexibility index (Phi) is 5.87. The quantitative estimate of drug-likeness (QED) is 0.778. The van der Waals surface area contributed by atoms with Crippen LogP contribution in [-0.4, -0.2) is 35.9 Å². The number of benzene rings is 1. The van der Waals surface area contributed by atoms with E-state index in [-0.39, 0.29) is 18.2 Å². The van der Waals surface area contributed by atoms with E-state index >= 15 is 0 Å². The second-order valence-electron chi connectivity index (χ2n) is 5.55. The molecule has 5 heteroatoms. The SMILES string of the molecule is CC(CNC(=O)NC1CCCCC1O)Oc1ccccc1. The van der Waals surface area contributed by atoms with Crippen LogP contribution in [0.3, 0.4) is 0 Å². The summed E-state index contributed by atoms with van der Waals surface area (Å²) in [7, 11) is 0. The van der Waals surface area contributed by atoms with Crippen molar-refractivity contribution in [2.24, 2.45) is 0 Å². The first-order valence-corrected chi connectivity index (χ1v) is 7.59. The van der Waals surface area contributed by atoms with E-state index in [1.165, 1.54) is 0 Å². The number of carbonyl (C=O) groups is 1. The van der Waals surface area contributed by atoms with Crippen molar-refractivity contribution in [2.75, 3.05) is 6.54 Å². The molecule has 3 atom stereocenters. The van der Waals surface area contributed by atoms with Gasteiger partial charge in [0.15, 0.2) is 0 Å². The highest BCUT2D eigenvalue weighted by Crippen LogP contribution is 2.18. The van der Waals surface area contributed by atoms with Gasteiger partial charge in [-0.15, -0.1) is 0 Å². The van der Waals surface area contributed by atoms with Crippen LogP contribution >= 0.6 is 0 Å². The van der Waals surface area contributed by atoms with Gasteiger partial charge in [-0.3, -0.25) is 0 Å². The number of ether oxygens (including phenoxy) is 1.